The lowest BCUT2D eigenvalue weighted by atomic mass is 9.82. The molecule has 3 aliphatic rings. The Morgan fingerprint density at radius 1 is 1.00 bits per heavy atom. The number of likely N-dealkylation sites (tertiary alicyclic amines) is 1. The number of para-hydroxylation sites is 1. The summed E-state index contributed by atoms with van der Waals surface area (Å²) in [4.78, 5) is 20.1. The second-order valence-electron chi connectivity index (χ2n) is 10.0. The van der Waals surface area contributed by atoms with Crippen LogP contribution in [0, 0.1) is 5.92 Å². The highest BCUT2D eigenvalue weighted by atomic mass is 35.5. The summed E-state index contributed by atoms with van der Waals surface area (Å²) in [6.45, 7) is 5.30. The van der Waals surface area contributed by atoms with E-state index in [0.717, 1.165) is 37.1 Å². The fourth-order valence-corrected chi connectivity index (χ4v) is 6.13. The standard InChI is InChI=1S/C27H32ClF3N4O/c28-22-6-2-3-7-24(22)34-14-15-35-23-9-8-20(27(29,30)31)16-19(23)17-21(25(35)18-34)26(36)32-10-13-33-11-4-1-5-12-33/h2-3,6-9,16,21,25H,1,4-5,10-15,17-18H2,(H,32,36). The Bertz CT molecular complexity index is 1090. The maximum absolute atomic E-state index is 13.5. The zero-order valence-corrected chi connectivity index (χ0v) is 21.0. The van der Waals surface area contributed by atoms with Gasteiger partial charge in [-0.25, -0.2) is 0 Å². The molecule has 0 spiro atoms. The molecule has 2 aromatic carbocycles. The molecule has 0 saturated carbocycles. The van der Waals surface area contributed by atoms with Crippen molar-refractivity contribution in [1.82, 2.24) is 10.2 Å². The van der Waals surface area contributed by atoms with Crippen LogP contribution in [-0.4, -0.2) is 62.7 Å². The van der Waals surface area contributed by atoms with Crippen molar-refractivity contribution < 1.29 is 18.0 Å². The van der Waals surface area contributed by atoms with Gasteiger partial charge in [-0.1, -0.05) is 30.2 Å². The average Bonchev–Trinajstić information content (AvgIpc) is 2.88. The van der Waals surface area contributed by atoms with Crippen molar-refractivity contribution in [3.05, 3.63) is 58.6 Å². The molecule has 0 aromatic heterocycles. The summed E-state index contributed by atoms with van der Waals surface area (Å²) in [7, 11) is 0. The van der Waals surface area contributed by atoms with Crippen LogP contribution in [0.1, 0.15) is 30.4 Å². The van der Waals surface area contributed by atoms with Crippen molar-refractivity contribution in [3.63, 3.8) is 0 Å². The Labute approximate surface area is 215 Å². The number of alkyl halides is 3. The number of amides is 1. The van der Waals surface area contributed by atoms with Crippen LogP contribution in [-0.2, 0) is 17.4 Å². The Morgan fingerprint density at radius 3 is 2.53 bits per heavy atom. The summed E-state index contributed by atoms with van der Waals surface area (Å²) in [6, 6.07) is 11.4. The molecule has 36 heavy (non-hydrogen) atoms. The molecule has 3 aliphatic heterocycles. The van der Waals surface area contributed by atoms with Crippen molar-refractivity contribution in [1.29, 1.82) is 0 Å². The summed E-state index contributed by atoms with van der Waals surface area (Å²) in [6.07, 6.45) is -0.509. The lowest BCUT2D eigenvalue weighted by Gasteiger charge is -2.50. The van der Waals surface area contributed by atoms with E-state index in [2.05, 4.69) is 20.0 Å². The molecule has 194 valence electrons. The van der Waals surface area contributed by atoms with Crippen LogP contribution < -0.4 is 15.1 Å². The van der Waals surface area contributed by atoms with E-state index in [1.54, 1.807) is 6.07 Å². The van der Waals surface area contributed by atoms with Crippen LogP contribution in [0.3, 0.4) is 0 Å². The van der Waals surface area contributed by atoms with Gasteiger partial charge in [-0.05, 0) is 68.2 Å². The highest BCUT2D eigenvalue weighted by molar-refractivity contribution is 6.33. The van der Waals surface area contributed by atoms with Gasteiger partial charge < -0.3 is 20.0 Å². The molecule has 0 radical (unpaired) electrons. The highest BCUT2D eigenvalue weighted by Crippen LogP contribution is 2.40. The average molecular weight is 521 g/mol. The van der Waals surface area contributed by atoms with Gasteiger partial charge in [-0.2, -0.15) is 13.2 Å². The van der Waals surface area contributed by atoms with Gasteiger partial charge in [-0.15, -0.1) is 0 Å². The molecule has 2 fully saturated rings. The predicted molar refractivity (Wildman–Crippen MR) is 137 cm³/mol. The fraction of sp³-hybridized carbons (Fsp3) is 0.519. The number of rotatable bonds is 5. The number of hydrogen-bond donors (Lipinski definition) is 1. The Balaban J connectivity index is 1.38. The highest BCUT2D eigenvalue weighted by Gasteiger charge is 2.43. The third kappa shape index (κ3) is 5.30. The molecule has 2 atom stereocenters. The smallest absolute Gasteiger partial charge is 0.366 e. The van der Waals surface area contributed by atoms with Crippen molar-refractivity contribution in [2.24, 2.45) is 5.92 Å². The van der Waals surface area contributed by atoms with Gasteiger partial charge in [0.15, 0.2) is 0 Å². The minimum Gasteiger partial charge on any atom is -0.366 e. The van der Waals surface area contributed by atoms with Gasteiger partial charge in [0.1, 0.15) is 0 Å². The molecule has 1 amide bonds. The second kappa shape index (κ2) is 10.5. The molecule has 9 heteroatoms. The Morgan fingerprint density at radius 2 is 1.78 bits per heavy atom. The molecule has 5 rings (SSSR count). The lowest BCUT2D eigenvalue weighted by molar-refractivity contribution is -0.137. The number of piperidine rings is 1. The maximum Gasteiger partial charge on any atom is 0.416 e. The van der Waals surface area contributed by atoms with E-state index in [4.69, 9.17) is 11.6 Å². The first kappa shape index (κ1) is 25.2. The number of nitrogens with one attached hydrogen (secondary N) is 1. The van der Waals surface area contributed by atoms with Crippen LogP contribution in [0.2, 0.25) is 5.02 Å². The topological polar surface area (TPSA) is 38.8 Å². The summed E-state index contributed by atoms with van der Waals surface area (Å²) < 4.78 is 40.4. The second-order valence-corrected chi connectivity index (χ2v) is 10.4. The first-order valence-corrected chi connectivity index (χ1v) is 13.2. The number of benzene rings is 2. The van der Waals surface area contributed by atoms with E-state index in [0.29, 0.717) is 36.8 Å². The van der Waals surface area contributed by atoms with Crippen LogP contribution in [0.15, 0.2) is 42.5 Å². The van der Waals surface area contributed by atoms with E-state index in [9.17, 15) is 18.0 Å². The number of carbonyl (C=O) groups excluding carboxylic acids is 1. The Kier molecular flexibility index (Phi) is 7.35. The molecule has 2 aromatic rings. The molecule has 0 bridgehead atoms. The van der Waals surface area contributed by atoms with E-state index in [-0.39, 0.29) is 18.4 Å². The van der Waals surface area contributed by atoms with Crippen LogP contribution in [0.4, 0.5) is 24.5 Å². The number of nitrogens with zero attached hydrogens (tertiary/aromatic N) is 3. The summed E-state index contributed by atoms with van der Waals surface area (Å²) in [5.74, 6) is -0.543. The van der Waals surface area contributed by atoms with Crippen molar-refractivity contribution >= 4 is 28.9 Å². The fourth-order valence-electron chi connectivity index (χ4n) is 5.88. The number of fused-ring (bicyclic) bond motifs is 3. The normalized spacial score (nSPS) is 22.7. The van der Waals surface area contributed by atoms with Crippen LogP contribution in [0.5, 0.6) is 0 Å². The first-order chi connectivity index (χ1) is 17.3. The number of hydrogen-bond acceptors (Lipinski definition) is 4. The number of carbonyl (C=O) groups is 1. The van der Waals surface area contributed by atoms with Gasteiger partial charge in [-0.3, -0.25) is 4.79 Å². The third-order valence-electron chi connectivity index (χ3n) is 7.74. The van der Waals surface area contributed by atoms with E-state index < -0.39 is 17.7 Å². The van der Waals surface area contributed by atoms with Crippen LogP contribution >= 0.6 is 11.6 Å². The minimum absolute atomic E-state index is 0.0916. The summed E-state index contributed by atoms with van der Waals surface area (Å²) in [5, 5.41) is 3.75. The van der Waals surface area contributed by atoms with E-state index in [1.807, 2.05) is 24.3 Å². The summed E-state index contributed by atoms with van der Waals surface area (Å²) >= 11 is 6.47. The van der Waals surface area contributed by atoms with Gasteiger partial charge in [0.25, 0.3) is 0 Å². The van der Waals surface area contributed by atoms with Gasteiger partial charge in [0.05, 0.1) is 28.2 Å². The molecule has 5 nitrogen and oxygen atoms in total. The molecule has 0 aliphatic carbocycles. The molecule has 3 heterocycles. The monoisotopic (exact) mass is 520 g/mol. The largest absolute Gasteiger partial charge is 0.416 e. The maximum atomic E-state index is 13.5. The molecule has 2 saturated heterocycles. The predicted octanol–water partition coefficient (Wildman–Crippen LogP) is 4.83. The van der Waals surface area contributed by atoms with Gasteiger partial charge in [0, 0.05) is 38.4 Å². The molecular formula is C27H32ClF3N4O. The van der Waals surface area contributed by atoms with E-state index in [1.165, 1.54) is 25.3 Å². The van der Waals surface area contributed by atoms with Gasteiger partial charge in [0.2, 0.25) is 5.91 Å². The number of halogens is 4. The lowest BCUT2D eigenvalue weighted by Crippen LogP contribution is -2.61. The van der Waals surface area contributed by atoms with Gasteiger partial charge >= 0.3 is 6.18 Å². The first-order valence-electron chi connectivity index (χ1n) is 12.8. The SMILES string of the molecule is O=C(NCCN1CCCCC1)C1Cc2cc(C(F)(F)F)ccc2N2CCN(c3ccccc3Cl)CC12. The zero-order chi connectivity index (χ0) is 25.3. The number of anilines is 2. The molecular weight excluding hydrogens is 489 g/mol. The minimum atomic E-state index is -4.42. The number of piperazine rings is 1. The third-order valence-corrected chi connectivity index (χ3v) is 8.06. The van der Waals surface area contributed by atoms with Crippen molar-refractivity contribution in [2.75, 3.05) is 55.6 Å². The van der Waals surface area contributed by atoms with Crippen molar-refractivity contribution in [3.8, 4) is 0 Å². The van der Waals surface area contributed by atoms with Crippen molar-refractivity contribution in [2.45, 2.75) is 37.9 Å². The Hall–Kier alpha value is -2.45. The molecule has 2 unspecified atom stereocenters. The van der Waals surface area contributed by atoms with Crippen LogP contribution in [0.25, 0.3) is 0 Å². The molecule has 1 N–H and O–H groups in total. The zero-order valence-electron chi connectivity index (χ0n) is 20.2. The summed E-state index contributed by atoms with van der Waals surface area (Å²) in [5.41, 5.74) is 1.63. The quantitative estimate of drug-likeness (QED) is 0.613. The van der Waals surface area contributed by atoms with E-state index >= 15 is 0 Å².